The van der Waals surface area contributed by atoms with E-state index in [2.05, 4.69) is 19.2 Å². The van der Waals surface area contributed by atoms with E-state index < -0.39 is 0 Å². The first-order chi connectivity index (χ1) is 7.73. The van der Waals surface area contributed by atoms with Crippen LogP contribution in [0.2, 0.25) is 0 Å². The molecule has 0 radical (unpaired) electrons. The summed E-state index contributed by atoms with van der Waals surface area (Å²) in [5.41, 5.74) is -0.276. The van der Waals surface area contributed by atoms with E-state index >= 15 is 0 Å². The van der Waals surface area contributed by atoms with Gasteiger partial charge < -0.3 is 10.1 Å². The highest BCUT2D eigenvalue weighted by Crippen LogP contribution is 2.10. The van der Waals surface area contributed by atoms with Gasteiger partial charge in [-0.1, -0.05) is 27.7 Å². The number of carbonyl (C=O) groups is 1. The Kier molecular flexibility index (Phi) is 7.44. The van der Waals surface area contributed by atoms with E-state index in [1.807, 2.05) is 27.7 Å². The standard InChI is InChI=1S/C14H29NO2/c1-11(2)7-8-17-14(5,6)10-15-13(16)9-12(3)4/h11-12H,7-10H2,1-6H3,(H,15,16). The lowest BCUT2D eigenvalue weighted by atomic mass is 10.1. The van der Waals surface area contributed by atoms with Crippen molar-refractivity contribution in [1.29, 1.82) is 0 Å². The van der Waals surface area contributed by atoms with E-state index in [-0.39, 0.29) is 11.5 Å². The second-order valence-electron chi connectivity index (χ2n) is 6.17. The lowest BCUT2D eigenvalue weighted by molar-refractivity contribution is -0.123. The third-order valence-electron chi connectivity index (χ3n) is 2.49. The van der Waals surface area contributed by atoms with Crippen molar-refractivity contribution in [2.24, 2.45) is 11.8 Å². The first kappa shape index (κ1) is 16.4. The topological polar surface area (TPSA) is 38.3 Å². The Hall–Kier alpha value is -0.570. The van der Waals surface area contributed by atoms with E-state index in [1.54, 1.807) is 0 Å². The van der Waals surface area contributed by atoms with Gasteiger partial charge in [0.25, 0.3) is 0 Å². The Bertz CT molecular complexity index is 222. The molecule has 0 aromatic heterocycles. The van der Waals surface area contributed by atoms with Crippen molar-refractivity contribution >= 4 is 5.91 Å². The van der Waals surface area contributed by atoms with E-state index in [0.717, 1.165) is 13.0 Å². The molecule has 0 bridgehead atoms. The molecule has 0 aliphatic heterocycles. The van der Waals surface area contributed by atoms with Crippen molar-refractivity contribution in [1.82, 2.24) is 5.32 Å². The maximum absolute atomic E-state index is 11.5. The smallest absolute Gasteiger partial charge is 0.220 e. The summed E-state index contributed by atoms with van der Waals surface area (Å²) in [6, 6.07) is 0. The summed E-state index contributed by atoms with van der Waals surface area (Å²) >= 11 is 0. The highest BCUT2D eigenvalue weighted by molar-refractivity contribution is 5.76. The molecule has 0 unspecified atom stereocenters. The molecule has 0 spiro atoms. The van der Waals surface area contributed by atoms with Crippen LogP contribution in [0.3, 0.4) is 0 Å². The maximum atomic E-state index is 11.5. The normalized spacial score (nSPS) is 12.2. The predicted molar refractivity (Wildman–Crippen MR) is 72.0 cm³/mol. The molecule has 0 heterocycles. The summed E-state index contributed by atoms with van der Waals surface area (Å²) in [6.45, 7) is 13.8. The van der Waals surface area contributed by atoms with Crippen LogP contribution in [-0.2, 0) is 9.53 Å². The SMILES string of the molecule is CC(C)CCOC(C)(C)CNC(=O)CC(C)C. The average Bonchev–Trinajstić information content (AvgIpc) is 2.13. The van der Waals surface area contributed by atoms with E-state index in [4.69, 9.17) is 4.74 Å². The maximum Gasteiger partial charge on any atom is 0.220 e. The second kappa shape index (κ2) is 7.70. The van der Waals surface area contributed by atoms with Gasteiger partial charge in [-0.05, 0) is 32.1 Å². The lowest BCUT2D eigenvalue weighted by Gasteiger charge is -2.26. The number of hydrogen-bond donors (Lipinski definition) is 1. The van der Waals surface area contributed by atoms with Gasteiger partial charge in [-0.2, -0.15) is 0 Å². The highest BCUT2D eigenvalue weighted by Gasteiger charge is 2.19. The van der Waals surface area contributed by atoms with Crippen LogP contribution in [0.5, 0.6) is 0 Å². The third-order valence-corrected chi connectivity index (χ3v) is 2.49. The van der Waals surface area contributed by atoms with Crippen molar-refractivity contribution in [3.8, 4) is 0 Å². The van der Waals surface area contributed by atoms with E-state index in [0.29, 0.717) is 24.8 Å². The average molecular weight is 243 g/mol. The Morgan fingerprint density at radius 2 is 1.76 bits per heavy atom. The van der Waals surface area contributed by atoms with Gasteiger partial charge in [-0.15, -0.1) is 0 Å². The van der Waals surface area contributed by atoms with Gasteiger partial charge in [0, 0.05) is 19.6 Å². The molecule has 0 aromatic carbocycles. The van der Waals surface area contributed by atoms with Crippen LogP contribution < -0.4 is 5.32 Å². The van der Waals surface area contributed by atoms with Gasteiger partial charge >= 0.3 is 0 Å². The number of nitrogens with one attached hydrogen (secondary N) is 1. The molecule has 3 nitrogen and oxygen atoms in total. The summed E-state index contributed by atoms with van der Waals surface area (Å²) in [5, 5.41) is 2.93. The van der Waals surface area contributed by atoms with Gasteiger partial charge in [-0.3, -0.25) is 4.79 Å². The van der Waals surface area contributed by atoms with Gasteiger partial charge in [0.15, 0.2) is 0 Å². The Morgan fingerprint density at radius 1 is 1.18 bits per heavy atom. The first-order valence-electron chi connectivity index (χ1n) is 6.63. The van der Waals surface area contributed by atoms with Crippen LogP contribution in [0.25, 0.3) is 0 Å². The zero-order valence-electron chi connectivity index (χ0n) is 12.3. The molecule has 102 valence electrons. The summed E-state index contributed by atoms with van der Waals surface area (Å²) < 4.78 is 5.78. The number of hydrogen-bond acceptors (Lipinski definition) is 2. The first-order valence-corrected chi connectivity index (χ1v) is 6.63. The van der Waals surface area contributed by atoms with Crippen LogP contribution >= 0.6 is 0 Å². The van der Waals surface area contributed by atoms with Gasteiger partial charge in [0.1, 0.15) is 0 Å². The van der Waals surface area contributed by atoms with Crippen LogP contribution in [0.4, 0.5) is 0 Å². The van der Waals surface area contributed by atoms with Gasteiger partial charge in [0.2, 0.25) is 5.91 Å². The van der Waals surface area contributed by atoms with E-state index in [1.165, 1.54) is 0 Å². The quantitative estimate of drug-likeness (QED) is 0.711. The predicted octanol–water partition coefficient (Wildman–Crippen LogP) is 2.99. The van der Waals surface area contributed by atoms with Crippen molar-refractivity contribution in [3.05, 3.63) is 0 Å². The van der Waals surface area contributed by atoms with Crippen LogP contribution in [0.1, 0.15) is 54.4 Å². The minimum Gasteiger partial charge on any atom is -0.374 e. The van der Waals surface area contributed by atoms with Crippen LogP contribution in [-0.4, -0.2) is 24.7 Å². The molecule has 0 aromatic rings. The molecule has 1 N–H and O–H groups in total. The summed E-state index contributed by atoms with van der Waals surface area (Å²) in [6.07, 6.45) is 1.64. The molecule has 17 heavy (non-hydrogen) atoms. The van der Waals surface area contributed by atoms with Gasteiger partial charge in [-0.25, -0.2) is 0 Å². The number of ether oxygens (including phenoxy) is 1. The zero-order valence-corrected chi connectivity index (χ0v) is 12.3. The zero-order chi connectivity index (χ0) is 13.5. The highest BCUT2D eigenvalue weighted by atomic mass is 16.5. The fourth-order valence-electron chi connectivity index (χ4n) is 1.38. The van der Waals surface area contributed by atoms with Crippen molar-refractivity contribution in [2.75, 3.05) is 13.2 Å². The fourth-order valence-corrected chi connectivity index (χ4v) is 1.38. The van der Waals surface area contributed by atoms with Crippen LogP contribution in [0.15, 0.2) is 0 Å². The van der Waals surface area contributed by atoms with Crippen molar-refractivity contribution in [3.63, 3.8) is 0 Å². The molecular weight excluding hydrogens is 214 g/mol. The second-order valence-corrected chi connectivity index (χ2v) is 6.17. The number of carbonyl (C=O) groups excluding carboxylic acids is 1. The summed E-state index contributed by atoms with van der Waals surface area (Å²) in [5.74, 6) is 1.17. The Labute approximate surface area is 106 Å². The van der Waals surface area contributed by atoms with Crippen molar-refractivity contribution < 1.29 is 9.53 Å². The Morgan fingerprint density at radius 3 is 2.24 bits per heavy atom. The molecule has 3 heteroatoms. The lowest BCUT2D eigenvalue weighted by Crippen LogP contribution is -2.41. The molecule has 0 atom stereocenters. The van der Waals surface area contributed by atoms with Crippen LogP contribution in [0, 0.1) is 11.8 Å². The van der Waals surface area contributed by atoms with Crippen molar-refractivity contribution in [2.45, 2.75) is 60.0 Å². The third kappa shape index (κ3) is 10.3. The molecule has 1 amide bonds. The molecule has 0 fully saturated rings. The largest absolute Gasteiger partial charge is 0.374 e. The number of rotatable bonds is 8. The summed E-state index contributed by atoms with van der Waals surface area (Å²) in [7, 11) is 0. The molecule has 0 saturated heterocycles. The monoisotopic (exact) mass is 243 g/mol. The molecule has 0 aliphatic carbocycles. The Balaban J connectivity index is 3.80. The minimum atomic E-state index is -0.276. The van der Waals surface area contributed by atoms with E-state index in [9.17, 15) is 4.79 Å². The fraction of sp³-hybridized carbons (Fsp3) is 0.929. The molecule has 0 saturated carbocycles. The summed E-state index contributed by atoms with van der Waals surface area (Å²) in [4.78, 5) is 11.5. The molecular formula is C14H29NO2. The molecule has 0 aliphatic rings. The number of amides is 1. The minimum absolute atomic E-state index is 0.112. The van der Waals surface area contributed by atoms with Gasteiger partial charge in [0.05, 0.1) is 5.60 Å². The molecule has 0 rings (SSSR count).